The number of nitrogens with one attached hydrogen (secondary N) is 1. The third-order valence-corrected chi connectivity index (χ3v) is 4.23. The summed E-state index contributed by atoms with van der Waals surface area (Å²) in [5.41, 5.74) is 4.52. The second-order valence-electron chi connectivity index (χ2n) is 6.76. The van der Waals surface area contributed by atoms with E-state index in [2.05, 4.69) is 65.8 Å². The summed E-state index contributed by atoms with van der Waals surface area (Å²) in [5, 5.41) is 8.38. The molecule has 2 heterocycles. The minimum atomic E-state index is 0.773. The van der Waals surface area contributed by atoms with Crippen molar-refractivity contribution in [2.75, 3.05) is 27.2 Å². The first-order valence-corrected chi connectivity index (χ1v) is 9.08. The molecule has 0 spiro atoms. The minimum Gasteiger partial charge on any atom is -0.312 e. The summed E-state index contributed by atoms with van der Waals surface area (Å²) in [6.07, 6.45) is 6.95. The highest BCUT2D eigenvalue weighted by Crippen LogP contribution is 2.21. The highest BCUT2D eigenvalue weighted by molar-refractivity contribution is 5.61. The standard InChI is InChI=1S/C21H27N5/c1-25(2)13-7-12-23-15-20-17-26(16-18-8-4-3-5-9-18)24-21(20)19-10-6-11-22-14-19/h3-6,8-11,14,17,23H,7,12-13,15-16H2,1-2H3. The van der Waals surface area contributed by atoms with Crippen LogP contribution in [0.4, 0.5) is 0 Å². The van der Waals surface area contributed by atoms with Gasteiger partial charge in [0.1, 0.15) is 0 Å². The van der Waals surface area contributed by atoms with Gasteiger partial charge in [0.2, 0.25) is 0 Å². The van der Waals surface area contributed by atoms with Crippen molar-refractivity contribution in [1.82, 2.24) is 25.0 Å². The van der Waals surface area contributed by atoms with E-state index in [-0.39, 0.29) is 0 Å². The molecular formula is C21H27N5. The Hall–Kier alpha value is -2.50. The summed E-state index contributed by atoms with van der Waals surface area (Å²) < 4.78 is 2.02. The second kappa shape index (κ2) is 9.27. The molecule has 136 valence electrons. The Labute approximate surface area is 155 Å². The summed E-state index contributed by atoms with van der Waals surface area (Å²) in [5.74, 6) is 0. The number of aromatic nitrogens is 3. The molecule has 3 aromatic rings. The zero-order chi connectivity index (χ0) is 18.2. The Balaban J connectivity index is 1.73. The summed E-state index contributed by atoms with van der Waals surface area (Å²) in [7, 11) is 4.21. The zero-order valence-electron chi connectivity index (χ0n) is 15.6. The van der Waals surface area contributed by atoms with Gasteiger partial charge >= 0.3 is 0 Å². The third-order valence-electron chi connectivity index (χ3n) is 4.23. The molecule has 0 radical (unpaired) electrons. The third kappa shape index (κ3) is 5.25. The highest BCUT2D eigenvalue weighted by atomic mass is 15.3. The number of hydrogen-bond acceptors (Lipinski definition) is 4. The Morgan fingerprint density at radius 1 is 1.08 bits per heavy atom. The molecule has 0 bridgehead atoms. The summed E-state index contributed by atoms with van der Waals surface area (Å²) in [6, 6.07) is 14.5. The van der Waals surface area contributed by atoms with Crippen LogP contribution in [-0.4, -0.2) is 46.8 Å². The van der Waals surface area contributed by atoms with Crippen molar-refractivity contribution < 1.29 is 0 Å². The molecule has 3 rings (SSSR count). The van der Waals surface area contributed by atoms with Crippen LogP contribution in [0.3, 0.4) is 0 Å². The fourth-order valence-electron chi connectivity index (χ4n) is 2.93. The quantitative estimate of drug-likeness (QED) is 0.603. The van der Waals surface area contributed by atoms with Crippen LogP contribution >= 0.6 is 0 Å². The fourth-order valence-corrected chi connectivity index (χ4v) is 2.93. The van der Waals surface area contributed by atoms with Gasteiger partial charge < -0.3 is 10.2 Å². The van der Waals surface area contributed by atoms with E-state index in [0.29, 0.717) is 0 Å². The SMILES string of the molecule is CN(C)CCCNCc1cn(Cc2ccccc2)nc1-c1cccnc1. The van der Waals surface area contributed by atoms with Crippen LogP contribution in [-0.2, 0) is 13.1 Å². The first kappa shape index (κ1) is 18.3. The lowest BCUT2D eigenvalue weighted by atomic mass is 10.1. The van der Waals surface area contributed by atoms with E-state index >= 15 is 0 Å². The van der Waals surface area contributed by atoms with Crippen molar-refractivity contribution in [2.24, 2.45) is 0 Å². The van der Waals surface area contributed by atoms with E-state index in [1.807, 2.05) is 23.0 Å². The predicted molar refractivity (Wildman–Crippen MR) is 106 cm³/mol. The van der Waals surface area contributed by atoms with Gasteiger partial charge in [0.25, 0.3) is 0 Å². The van der Waals surface area contributed by atoms with Gasteiger partial charge in [0.15, 0.2) is 0 Å². The first-order chi connectivity index (χ1) is 12.7. The molecule has 1 N–H and O–H groups in total. The zero-order valence-corrected chi connectivity index (χ0v) is 15.6. The van der Waals surface area contributed by atoms with Crippen LogP contribution in [0.25, 0.3) is 11.3 Å². The highest BCUT2D eigenvalue weighted by Gasteiger charge is 2.11. The first-order valence-electron chi connectivity index (χ1n) is 9.08. The summed E-state index contributed by atoms with van der Waals surface area (Å²) in [6.45, 7) is 3.67. The van der Waals surface area contributed by atoms with Crippen LogP contribution in [0.15, 0.2) is 61.1 Å². The molecular weight excluding hydrogens is 322 g/mol. The van der Waals surface area contributed by atoms with Crippen LogP contribution in [0, 0.1) is 0 Å². The van der Waals surface area contributed by atoms with Gasteiger partial charge in [-0.15, -0.1) is 0 Å². The smallest absolute Gasteiger partial charge is 0.0983 e. The van der Waals surface area contributed by atoms with Gasteiger partial charge in [0.05, 0.1) is 12.2 Å². The van der Waals surface area contributed by atoms with Crippen LogP contribution in [0.1, 0.15) is 17.5 Å². The molecule has 0 aliphatic heterocycles. The van der Waals surface area contributed by atoms with Gasteiger partial charge in [-0.25, -0.2) is 0 Å². The van der Waals surface area contributed by atoms with E-state index in [1.54, 1.807) is 6.20 Å². The molecule has 5 heteroatoms. The molecule has 0 unspecified atom stereocenters. The molecule has 1 aromatic carbocycles. The van der Waals surface area contributed by atoms with Gasteiger partial charge in [0, 0.05) is 36.3 Å². The molecule has 0 aliphatic rings. The Morgan fingerprint density at radius 3 is 2.65 bits per heavy atom. The molecule has 0 saturated carbocycles. The normalized spacial score (nSPS) is 11.2. The van der Waals surface area contributed by atoms with E-state index < -0.39 is 0 Å². The average molecular weight is 349 g/mol. The summed E-state index contributed by atoms with van der Waals surface area (Å²) >= 11 is 0. The minimum absolute atomic E-state index is 0.773. The summed E-state index contributed by atoms with van der Waals surface area (Å²) in [4.78, 5) is 6.46. The number of hydrogen-bond donors (Lipinski definition) is 1. The lowest BCUT2D eigenvalue weighted by Gasteiger charge is -2.09. The number of nitrogens with zero attached hydrogens (tertiary/aromatic N) is 4. The molecule has 0 fully saturated rings. The fraction of sp³-hybridized carbons (Fsp3) is 0.333. The van der Waals surface area contributed by atoms with Crippen LogP contribution in [0.5, 0.6) is 0 Å². The van der Waals surface area contributed by atoms with Crippen LogP contribution < -0.4 is 5.32 Å². The maximum atomic E-state index is 4.83. The van der Waals surface area contributed by atoms with Crippen molar-refractivity contribution in [3.05, 3.63) is 72.2 Å². The Kier molecular flexibility index (Phi) is 6.52. The second-order valence-corrected chi connectivity index (χ2v) is 6.76. The van der Waals surface area contributed by atoms with E-state index in [9.17, 15) is 0 Å². The molecule has 2 aromatic heterocycles. The maximum absolute atomic E-state index is 4.83. The predicted octanol–water partition coefficient (Wildman–Crippen LogP) is 3.03. The molecule has 5 nitrogen and oxygen atoms in total. The van der Waals surface area contributed by atoms with Crippen molar-refractivity contribution >= 4 is 0 Å². The maximum Gasteiger partial charge on any atom is 0.0983 e. The Morgan fingerprint density at radius 2 is 1.92 bits per heavy atom. The topological polar surface area (TPSA) is 46.0 Å². The van der Waals surface area contributed by atoms with E-state index in [1.165, 1.54) is 11.1 Å². The van der Waals surface area contributed by atoms with Crippen molar-refractivity contribution in [1.29, 1.82) is 0 Å². The van der Waals surface area contributed by atoms with Crippen LogP contribution in [0.2, 0.25) is 0 Å². The molecule has 0 atom stereocenters. The van der Waals surface area contributed by atoms with E-state index in [0.717, 1.165) is 43.9 Å². The van der Waals surface area contributed by atoms with E-state index in [4.69, 9.17) is 5.10 Å². The lowest BCUT2D eigenvalue weighted by Crippen LogP contribution is -2.21. The Bertz CT molecular complexity index is 781. The van der Waals surface area contributed by atoms with Crippen molar-refractivity contribution in [3.63, 3.8) is 0 Å². The average Bonchev–Trinajstić information content (AvgIpc) is 3.05. The monoisotopic (exact) mass is 349 g/mol. The van der Waals surface area contributed by atoms with Gasteiger partial charge in [-0.3, -0.25) is 9.67 Å². The number of rotatable bonds is 9. The number of pyridine rings is 1. The van der Waals surface area contributed by atoms with Gasteiger partial charge in [-0.1, -0.05) is 30.3 Å². The van der Waals surface area contributed by atoms with Gasteiger partial charge in [-0.2, -0.15) is 5.10 Å². The molecule has 26 heavy (non-hydrogen) atoms. The van der Waals surface area contributed by atoms with Gasteiger partial charge in [-0.05, 0) is 51.3 Å². The van der Waals surface area contributed by atoms with Crippen molar-refractivity contribution in [2.45, 2.75) is 19.5 Å². The number of benzene rings is 1. The molecule has 0 saturated heterocycles. The van der Waals surface area contributed by atoms with Crippen molar-refractivity contribution in [3.8, 4) is 11.3 Å². The molecule has 0 aliphatic carbocycles. The largest absolute Gasteiger partial charge is 0.312 e. The molecule has 0 amide bonds. The lowest BCUT2D eigenvalue weighted by molar-refractivity contribution is 0.394.